The van der Waals surface area contributed by atoms with Crippen LogP contribution in [0.1, 0.15) is 12.0 Å². The molecule has 0 saturated heterocycles. The Morgan fingerprint density at radius 2 is 1.60 bits per heavy atom. The number of nitrogens with two attached hydrogens (primary N) is 1. The molecular weight excluding hydrogens is 250 g/mol. The summed E-state index contributed by atoms with van der Waals surface area (Å²) in [6.45, 7) is 0.592. The minimum atomic E-state index is 0.104. The van der Waals surface area contributed by atoms with E-state index in [4.69, 9.17) is 15.2 Å². The second-order valence-corrected chi connectivity index (χ2v) is 4.74. The van der Waals surface area contributed by atoms with Gasteiger partial charge in [-0.15, -0.1) is 0 Å². The highest BCUT2D eigenvalue weighted by molar-refractivity contribution is 5.39. The van der Waals surface area contributed by atoms with Gasteiger partial charge in [-0.05, 0) is 30.5 Å². The van der Waals surface area contributed by atoms with Crippen LogP contribution >= 0.6 is 0 Å². The van der Waals surface area contributed by atoms with Crippen LogP contribution in [-0.2, 0) is 6.42 Å². The lowest BCUT2D eigenvalue weighted by Crippen LogP contribution is -2.25. The molecule has 0 fully saturated rings. The second kappa shape index (κ2) is 7.56. The summed E-state index contributed by atoms with van der Waals surface area (Å²) in [5.74, 6) is 1.52. The number of para-hydroxylation sites is 2. The molecule has 0 amide bonds. The number of hydrogen-bond acceptors (Lipinski definition) is 3. The lowest BCUT2D eigenvalue weighted by atomic mass is 10.0. The lowest BCUT2D eigenvalue weighted by Gasteiger charge is -2.14. The molecule has 0 aliphatic heterocycles. The van der Waals surface area contributed by atoms with E-state index in [9.17, 15) is 0 Å². The van der Waals surface area contributed by atoms with Crippen molar-refractivity contribution in [3.05, 3.63) is 60.2 Å². The first-order valence-corrected chi connectivity index (χ1v) is 6.85. The highest BCUT2D eigenvalue weighted by Gasteiger charge is 2.06. The molecule has 0 bridgehead atoms. The van der Waals surface area contributed by atoms with Crippen LogP contribution in [0.4, 0.5) is 0 Å². The van der Waals surface area contributed by atoms with Crippen molar-refractivity contribution >= 4 is 0 Å². The molecule has 0 spiro atoms. The molecule has 2 N–H and O–H groups in total. The number of ether oxygens (including phenoxy) is 2. The van der Waals surface area contributed by atoms with Gasteiger partial charge in [0.2, 0.25) is 0 Å². The van der Waals surface area contributed by atoms with Crippen LogP contribution in [0, 0.1) is 0 Å². The van der Waals surface area contributed by atoms with Crippen LogP contribution < -0.4 is 15.2 Å². The Labute approximate surface area is 120 Å². The summed E-state index contributed by atoms with van der Waals surface area (Å²) in [4.78, 5) is 0. The number of methoxy groups -OCH3 is 1. The maximum atomic E-state index is 6.13. The highest BCUT2D eigenvalue weighted by Crippen LogP contribution is 2.25. The van der Waals surface area contributed by atoms with Crippen molar-refractivity contribution in [2.45, 2.75) is 18.9 Å². The normalized spacial score (nSPS) is 11.9. The van der Waals surface area contributed by atoms with Crippen molar-refractivity contribution in [2.75, 3.05) is 13.7 Å². The fourth-order valence-corrected chi connectivity index (χ4v) is 2.08. The van der Waals surface area contributed by atoms with Gasteiger partial charge < -0.3 is 15.2 Å². The molecule has 3 heteroatoms. The molecule has 1 unspecified atom stereocenters. The predicted octanol–water partition coefficient (Wildman–Crippen LogP) is 3.03. The zero-order valence-electron chi connectivity index (χ0n) is 11.8. The van der Waals surface area contributed by atoms with Crippen molar-refractivity contribution in [1.29, 1.82) is 0 Å². The number of hydrogen-bond donors (Lipinski definition) is 1. The first-order valence-electron chi connectivity index (χ1n) is 6.85. The van der Waals surface area contributed by atoms with Crippen LogP contribution in [0.15, 0.2) is 54.6 Å². The summed E-state index contributed by atoms with van der Waals surface area (Å²) < 4.78 is 11.0. The molecule has 0 heterocycles. The van der Waals surface area contributed by atoms with E-state index in [1.165, 1.54) is 5.56 Å². The van der Waals surface area contributed by atoms with Gasteiger partial charge in [0.1, 0.15) is 0 Å². The molecule has 0 aliphatic carbocycles. The minimum Gasteiger partial charge on any atom is -0.493 e. The van der Waals surface area contributed by atoms with E-state index < -0.39 is 0 Å². The third-order valence-electron chi connectivity index (χ3n) is 3.16. The molecule has 0 aromatic heterocycles. The van der Waals surface area contributed by atoms with E-state index in [1.54, 1.807) is 7.11 Å². The monoisotopic (exact) mass is 271 g/mol. The Balaban J connectivity index is 1.78. The zero-order valence-corrected chi connectivity index (χ0v) is 11.8. The molecule has 2 rings (SSSR count). The fraction of sp³-hybridized carbons (Fsp3) is 0.294. The van der Waals surface area contributed by atoms with E-state index in [0.717, 1.165) is 24.3 Å². The van der Waals surface area contributed by atoms with Crippen molar-refractivity contribution in [3.8, 4) is 11.5 Å². The first kappa shape index (κ1) is 14.4. The summed E-state index contributed by atoms with van der Waals surface area (Å²) in [6, 6.07) is 18.0. The summed E-state index contributed by atoms with van der Waals surface area (Å²) in [7, 11) is 1.64. The van der Waals surface area contributed by atoms with Crippen molar-refractivity contribution in [3.63, 3.8) is 0 Å². The van der Waals surface area contributed by atoms with Gasteiger partial charge in [0.25, 0.3) is 0 Å². The summed E-state index contributed by atoms with van der Waals surface area (Å²) in [5, 5.41) is 0. The Bertz CT molecular complexity index is 513. The lowest BCUT2D eigenvalue weighted by molar-refractivity contribution is 0.279. The Morgan fingerprint density at radius 1 is 0.950 bits per heavy atom. The van der Waals surface area contributed by atoms with E-state index in [1.807, 2.05) is 42.5 Å². The van der Waals surface area contributed by atoms with Crippen molar-refractivity contribution < 1.29 is 9.47 Å². The smallest absolute Gasteiger partial charge is 0.161 e. The fourth-order valence-electron chi connectivity index (χ4n) is 2.08. The maximum absolute atomic E-state index is 6.13. The Kier molecular flexibility index (Phi) is 5.44. The third kappa shape index (κ3) is 4.28. The predicted molar refractivity (Wildman–Crippen MR) is 81.2 cm³/mol. The van der Waals surface area contributed by atoms with Crippen LogP contribution in [-0.4, -0.2) is 19.8 Å². The molecule has 106 valence electrons. The summed E-state index contributed by atoms with van der Waals surface area (Å²) in [6.07, 6.45) is 1.68. The van der Waals surface area contributed by atoms with E-state index in [2.05, 4.69) is 12.1 Å². The van der Waals surface area contributed by atoms with Crippen LogP contribution in [0.3, 0.4) is 0 Å². The van der Waals surface area contributed by atoms with Crippen LogP contribution in [0.5, 0.6) is 11.5 Å². The maximum Gasteiger partial charge on any atom is 0.161 e. The van der Waals surface area contributed by atoms with Gasteiger partial charge in [-0.3, -0.25) is 0 Å². The Morgan fingerprint density at radius 3 is 2.30 bits per heavy atom. The molecule has 3 nitrogen and oxygen atoms in total. The second-order valence-electron chi connectivity index (χ2n) is 4.74. The molecule has 1 atom stereocenters. The largest absolute Gasteiger partial charge is 0.493 e. The quantitative estimate of drug-likeness (QED) is 0.842. The Hall–Kier alpha value is -2.00. The SMILES string of the molecule is COc1ccccc1OCCC(N)Cc1ccccc1. The number of benzene rings is 2. The molecule has 2 aromatic carbocycles. The van der Waals surface area contributed by atoms with Gasteiger partial charge in [0.05, 0.1) is 13.7 Å². The average Bonchev–Trinajstić information content (AvgIpc) is 2.49. The molecule has 20 heavy (non-hydrogen) atoms. The van der Waals surface area contributed by atoms with E-state index in [-0.39, 0.29) is 6.04 Å². The summed E-state index contributed by atoms with van der Waals surface area (Å²) in [5.41, 5.74) is 7.39. The third-order valence-corrected chi connectivity index (χ3v) is 3.16. The van der Waals surface area contributed by atoms with Gasteiger partial charge >= 0.3 is 0 Å². The molecule has 0 aliphatic rings. The van der Waals surface area contributed by atoms with Gasteiger partial charge in [-0.1, -0.05) is 42.5 Å². The van der Waals surface area contributed by atoms with Gasteiger partial charge in [0, 0.05) is 6.04 Å². The zero-order chi connectivity index (χ0) is 14.2. The van der Waals surface area contributed by atoms with Gasteiger partial charge in [-0.2, -0.15) is 0 Å². The molecular formula is C17H21NO2. The van der Waals surface area contributed by atoms with Gasteiger partial charge in [0.15, 0.2) is 11.5 Å². The van der Waals surface area contributed by atoms with Gasteiger partial charge in [-0.25, -0.2) is 0 Å². The van der Waals surface area contributed by atoms with Crippen LogP contribution in [0.2, 0.25) is 0 Å². The van der Waals surface area contributed by atoms with Crippen LogP contribution in [0.25, 0.3) is 0 Å². The van der Waals surface area contributed by atoms with E-state index in [0.29, 0.717) is 6.61 Å². The molecule has 2 aromatic rings. The number of rotatable bonds is 7. The topological polar surface area (TPSA) is 44.5 Å². The first-order chi connectivity index (χ1) is 9.79. The molecule has 0 radical (unpaired) electrons. The molecule has 0 saturated carbocycles. The standard InChI is InChI=1S/C17H21NO2/c1-19-16-9-5-6-10-17(16)20-12-11-15(18)13-14-7-3-2-4-8-14/h2-10,15H,11-13,18H2,1H3. The van der Waals surface area contributed by atoms with E-state index >= 15 is 0 Å². The van der Waals surface area contributed by atoms with Crippen molar-refractivity contribution in [2.24, 2.45) is 5.73 Å². The highest BCUT2D eigenvalue weighted by atomic mass is 16.5. The summed E-state index contributed by atoms with van der Waals surface area (Å²) >= 11 is 0. The minimum absolute atomic E-state index is 0.104. The van der Waals surface area contributed by atoms with Crippen molar-refractivity contribution in [1.82, 2.24) is 0 Å². The average molecular weight is 271 g/mol.